The Morgan fingerprint density at radius 2 is 1.12 bits per heavy atom. The average molecular weight is 486 g/mol. The number of ether oxygens (including phenoxy) is 3. The third kappa shape index (κ3) is 10.8. The monoisotopic (exact) mass is 485 g/mol. The second-order valence-corrected chi connectivity index (χ2v) is 15.0. The minimum absolute atomic E-state index is 0.00975. The van der Waals surface area contributed by atoms with Crippen molar-refractivity contribution in [3.63, 3.8) is 0 Å². The standard InChI is InChI=1S/C30H63NO3/c1-22(25(4,5)6)21-33-29(13,14)26(7,8)17-18-32-30(15,16)27(9,10)20-24(3)34-28(11,12)19-23(2)31/h22-24H,17-21,31H2,1-16H3. The molecule has 0 aromatic rings. The van der Waals surface area contributed by atoms with Crippen LogP contribution >= 0.6 is 0 Å². The van der Waals surface area contributed by atoms with Gasteiger partial charge in [-0.2, -0.15) is 0 Å². The minimum atomic E-state index is -0.280. The van der Waals surface area contributed by atoms with E-state index in [1.165, 1.54) is 0 Å². The van der Waals surface area contributed by atoms with Crippen molar-refractivity contribution in [3.8, 4) is 0 Å². The number of hydrogen-bond donors (Lipinski definition) is 1. The van der Waals surface area contributed by atoms with E-state index in [0.717, 1.165) is 25.9 Å². The highest BCUT2D eigenvalue weighted by atomic mass is 16.5. The first-order valence-electron chi connectivity index (χ1n) is 13.6. The van der Waals surface area contributed by atoms with Crippen LogP contribution in [0.15, 0.2) is 0 Å². The van der Waals surface area contributed by atoms with Gasteiger partial charge in [-0.15, -0.1) is 0 Å². The zero-order valence-electron chi connectivity index (χ0n) is 26.1. The lowest BCUT2D eigenvalue weighted by atomic mass is 9.72. The maximum atomic E-state index is 6.57. The molecule has 0 aromatic carbocycles. The Bertz CT molecular complexity index is 597. The zero-order valence-corrected chi connectivity index (χ0v) is 26.1. The Labute approximate surface area is 214 Å². The normalized spacial score (nSPS) is 17.6. The second kappa shape index (κ2) is 11.9. The Morgan fingerprint density at radius 1 is 0.647 bits per heavy atom. The SMILES string of the molecule is CC(N)CC(C)(C)OC(C)CC(C)(C)C(C)(C)OCCC(C)(C)C(C)(C)OCC(C)C(C)(C)C. The first-order chi connectivity index (χ1) is 14.9. The Morgan fingerprint density at radius 3 is 1.56 bits per heavy atom. The fraction of sp³-hybridized carbons (Fsp3) is 1.00. The highest BCUT2D eigenvalue weighted by molar-refractivity contribution is 4.92. The first kappa shape index (κ1) is 33.8. The molecule has 0 amide bonds. The molecule has 0 aliphatic carbocycles. The van der Waals surface area contributed by atoms with Crippen molar-refractivity contribution in [3.05, 3.63) is 0 Å². The van der Waals surface area contributed by atoms with Crippen LogP contribution in [0.2, 0.25) is 0 Å². The van der Waals surface area contributed by atoms with Crippen molar-refractivity contribution >= 4 is 0 Å². The number of hydrogen-bond acceptors (Lipinski definition) is 4. The van der Waals surface area contributed by atoms with E-state index in [1.54, 1.807) is 0 Å². The van der Waals surface area contributed by atoms with Gasteiger partial charge < -0.3 is 19.9 Å². The third-order valence-corrected chi connectivity index (χ3v) is 8.75. The summed E-state index contributed by atoms with van der Waals surface area (Å²) >= 11 is 0. The molecule has 0 bridgehead atoms. The lowest BCUT2D eigenvalue weighted by Gasteiger charge is -2.46. The molecule has 2 N–H and O–H groups in total. The van der Waals surface area contributed by atoms with Gasteiger partial charge in [0.1, 0.15) is 0 Å². The molecule has 34 heavy (non-hydrogen) atoms. The molecular formula is C30H63NO3. The zero-order chi connectivity index (χ0) is 27.4. The maximum Gasteiger partial charge on any atom is 0.0678 e. The predicted octanol–water partition coefficient (Wildman–Crippen LogP) is 8.01. The van der Waals surface area contributed by atoms with E-state index in [0.29, 0.717) is 12.5 Å². The topological polar surface area (TPSA) is 53.7 Å². The van der Waals surface area contributed by atoms with Crippen molar-refractivity contribution < 1.29 is 14.2 Å². The molecule has 0 fully saturated rings. The lowest BCUT2D eigenvalue weighted by Crippen LogP contribution is -2.47. The van der Waals surface area contributed by atoms with Gasteiger partial charge >= 0.3 is 0 Å². The summed E-state index contributed by atoms with van der Waals surface area (Å²) < 4.78 is 19.4. The number of rotatable bonds is 15. The maximum absolute atomic E-state index is 6.57. The van der Waals surface area contributed by atoms with Gasteiger partial charge in [-0.1, -0.05) is 55.4 Å². The van der Waals surface area contributed by atoms with Crippen LogP contribution in [-0.4, -0.2) is 42.2 Å². The predicted molar refractivity (Wildman–Crippen MR) is 148 cm³/mol. The van der Waals surface area contributed by atoms with Crippen molar-refractivity contribution in [2.45, 2.75) is 159 Å². The molecule has 0 aliphatic heterocycles. The fourth-order valence-corrected chi connectivity index (χ4v) is 4.21. The summed E-state index contributed by atoms with van der Waals surface area (Å²) in [5.74, 6) is 0.501. The van der Waals surface area contributed by atoms with Gasteiger partial charge in [0.2, 0.25) is 0 Å². The summed E-state index contributed by atoms with van der Waals surface area (Å²) in [6, 6.07) is 0.128. The molecule has 0 heterocycles. The van der Waals surface area contributed by atoms with Crippen molar-refractivity contribution in [2.24, 2.45) is 27.9 Å². The molecule has 3 atom stereocenters. The molecule has 0 aliphatic rings. The Hall–Kier alpha value is -0.160. The molecule has 4 nitrogen and oxygen atoms in total. The van der Waals surface area contributed by atoms with E-state index in [-0.39, 0.29) is 45.2 Å². The van der Waals surface area contributed by atoms with E-state index in [4.69, 9.17) is 19.9 Å². The average Bonchev–Trinajstić information content (AvgIpc) is 2.55. The molecule has 0 saturated heterocycles. The third-order valence-electron chi connectivity index (χ3n) is 8.75. The van der Waals surface area contributed by atoms with Gasteiger partial charge in [0.05, 0.1) is 29.5 Å². The molecule has 0 spiro atoms. The molecule has 0 radical (unpaired) electrons. The van der Waals surface area contributed by atoms with Crippen LogP contribution < -0.4 is 5.73 Å². The van der Waals surface area contributed by atoms with Crippen molar-refractivity contribution in [1.82, 2.24) is 0 Å². The van der Waals surface area contributed by atoms with E-state index in [2.05, 4.69) is 104 Å². The van der Waals surface area contributed by atoms with Crippen LogP contribution in [0.4, 0.5) is 0 Å². The van der Waals surface area contributed by atoms with E-state index in [1.807, 2.05) is 6.92 Å². The largest absolute Gasteiger partial charge is 0.375 e. The van der Waals surface area contributed by atoms with Crippen LogP contribution in [0.1, 0.15) is 130 Å². The molecule has 0 saturated carbocycles. The summed E-state index contributed by atoms with van der Waals surface area (Å²) in [4.78, 5) is 0. The van der Waals surface area contributed by atoms with Crippen LogP contribution in [0.3, 0.4) is 0 Å². The fourth-order valence-electron chi connectivity index (χ4n) is 4.21. The van der Waals surface area contributed by atoms with Crippen molar-refractivity contribution in [2.75, 3.05) is 13.2 Å². The first-order valence-corrected chi connectivity index (χ1v) is 13.6. The summed E-state index contributed by atoms with van der Waals surface area (Å²) in [5.41, 5.74) is 5.47. The van der Waals surface area contributed by atoms with Gasteiger partial charge in [-0.25, -0.2) is 0 Å². The smallest absolute Gasteiger partial charge is 0.0678 e. The van der Waals surface area contributed by atoms with E-state index < -0.39 is 0 Å². The molecular weight excluding hydrogens is 422 g/mol. The van der Waals surface area contributed by atoms with Crippen LogP contribution in [0, 0.1) is 22.2 Å². The molecule has 0 aromatic heterocycles. The summed E-state index contributed by atoms with van der Waals surface area (Å²) in [5, 5.41) is 0. The Balaban J connectivity index is 4.98. The number of nitrogens with two attached hydrogens (primary N) is 1. The van der Waals surface area contributed by atoms with Gasteiger partial charge in [-0.05, 0) is 96.8 Å². The summed E-state index contributed by atoms with van der Waals surface area (Å²) in [7, 11) is 0. The summed E-state index contributed by atoms with van der Waals surface area (Å²) in [6.45, 7) is 37.1. The van der Waals surface area contributed by atoms with Crippen LogP contribution in [-0.2, 0) is 14.2 Å². The summed E-state index contributed by atoms with van der Waals surface area (Å²) in [6.07, 6.45) is 2.83. The Kier molecular flexibility index (Phi) is 11.9. The minimum Gasteiger partial charge on any atom is -0.375 e. The highest BCUT2D eigenvalue weighted by Crippen LogP contribution is 2.42. The highest BCUT2D eigenvalue weighted by Gasteiger charge is 2.42. The lowest BCUT2D eigenvalue weighted by molar-refractivity contribution is -0.154. The van der Waals surface area contributed by atoms with E-state index >= 15 is 0 Å². The quantitative estimate of drug-likeness (QED) is 0.255. The molecule has 206 valence electrons. The molecule has 3 unspecified atom stereocenters. The van der Waals surface area contributed by atoms with Gasteiger partial charge in [0, 0.05) is 12.6 Å². The van der Waals surface area contributed by atoms with Crippen molar-refractivity contribution in [1.29, 1.82) is 0 Å². The van der Waals surface area contributed by atoms with Gasteiger partial charge in [0.25, 0.3) is 0 Å². The molecule has 4 heteroatoms. The second-order valence-electron chi connectivity index (χ2n) is 15.0. The van der Waals surface area contributed by atoms with Gasteiger partial charge in [-0.3, -0.25) is 0 Å². The van der Waals surface area contributed by atoms with Crippen LogP contribution in [0.5, 0.6) is 0 Å². The van der Waals surface area contributed by atoms with Gasteiger partial charge in [0.15, 0.2) is 0 Å². The van der Waals surface area contributed by atoms with E-state index in [9.17, 15) is 0 Å². The van der Waals surface area contributed by atoms with Crippen LogP contribution in [0.25, 0.3) is 0 Å². The molecule has 0 rings (SSSR count).